The lowest BCUT2D eigenvalue weighted by molar-refractivity contribution is 1.10. The Balaban J connectivity index is 2.17. The van der Waals surface area contributed by atoms with Gasteiger partial charge in [0.1, 0.15) is 0 Å². The van der Waals surface area contributed by atoms with Crippen LogP contribution in [-0.4, -0.2) is 9.97 Å². The molecule has 0 spiro atoms. The molecule has 0 atom stereocenters. The van der Waals surface area contributed by atoms with Gasteiger partial charge >= 0.3 is 0 Å². The quantitative estimate of drug-likeness (QED) is 0.652. The van der Waals surface area contributed by atoms with Crippen LogP contribution in [0.25, 0.3) is 11.0 Å². The topological polar surface area (TPSA) is 43.9 Å². The van der Waals surface area contributed by atoms with E-state index in [0.717, 1.165) is 22.3 Å². The van der Waals surface area contributed by atoms with Crippen LogP contribution in [-0.2, 0) is 0 Å². The molecule has 0 saturated heterocycles. The zero-order chi connectivity index (χ0) is 12.5. The van der Waals surface area contributed by atoms with Crippen LogP contribution in [0.2, 0.25) is 0 Å². The number of hydrogen-bond donors (Lipinski definition) is 2. The van der Waals surface area contributed by atoms with Crippen molar-refractivity contribution in [3.05, 3.63) is 59.2 Å². The number of aryl methyl sites for hydroxylation is 2. The summed E-state index contributed by atoms with van der Waals surface area (Å²) in [6, 6.07) is 14.4. The predicted molar refractivity (Wildman–Crippen MR) is 73.8 cm³/mol. The lowest BCUT2D eigenvalue weighted by Crippen LogP contribution is -2.04. The molecule has 0 amide bonds. The molecular weight excluding hydrogens is 222 g/mol. The van der Waals surface area contributed by atoms with E-state index in [1.54, 1.807) is 0 Å². The van der Waals surface area contributed by atoms with E-state index in [4.69, 9.17) is 0 Å². The molecule has 3 heteroatoms. The van der Waals surface area contributed by atoms with Crippen molar-refractivity contribution >= 4 is 16.7 Å². The summed E-state index contributed by atoms with van der Waals surface area (Å²) in [5, 5.41) is 0. The number of fused-ring (bicyclic) bond motifs is 1. The molecule has 3 aromatic rings. The lowest BCUT2D eigenvalue weighted by Gasteiger charge is -1.95. The van der Waals surface area contributed by atoms with Crippen LogP contribution in [0, 0.1) is 13.8 Å². The highest BCUT2D eigenvalue weighted by atomic mass is 15.0. The van der Waals surface area contributed by atoms with E-state index < -0.39 is 0 Å². The Morgan fingerprint density at radius 2 is 1.67 bits per heavy atom. The van der Waals surface area contributed by atoms with E-state index in [1.165, 1.54) is 11.1 Å². The number of rotatable bonds is 1. The normalized spacial score (nSPS) is 12.2. The molecule has 0 aliphatic rings. The third-order valence-corrected chi connectivity index (χ3v) is 3.03. The van der Waals surface area contributed by atoms with Crippen molar-refractivity contribution in [2.75, 3.05) is 0 Å². The van der Waals surface area contributed by atoms with Crippen LogP contribution in [0.5, 0.6) is 0 Å². The fraction of sp³-hybridized carbons (Fsp3) is 0.133. The van der Waals surface area contributed by atoms with Crippen LogP contribution in [0.3, 0.4) is 0 Å². The Labute approximate surface area is 105 Å². The summed E-state index contributed by atoms with van der Waals surface area (Å²) >= 11 is 0. The number of nitrogens with zero attached hydrogens (tertiary/aromatic N) is 1. The number of aromatic nitrogens is 2. The lowest BCUT2D eigenvalue weighted by atomic mass is 10.2. The minimum Gasteiger partial charge on any atom is -0.324 e. The summed E-state index contributed by atoms with van der Waals surface area (Å²) in [5.41, 5.74) is 6.33. The Morgan fingerprint density at radius 3 is 2.50 bits per heavy atom. The molecular formula is C15H15N3. The first-order chi connectivity index (χ1) is 8.72. The summed E-state index contributed by atoms with van der Waals surface area (Å²) in [6.45, 7) is 4.14. The van der Waals surface area contributed by atoms with Gasteiger partial charge in [-0.25, -0.2) is 4.99 Å². The van der Waals surface area contributed by atoms with Crippen molar-refractivity contribution in [1.82, 2.24) is 9.97 Å². The molecule has 0 bridgehead atoms. The van der Waals surface area contributed by atoms with Gasteiger partial charge in [0.05, 0.1) is 16.7 Å². The van der Waals surface area contributed by atoms with Gasteiger partial charge in [-0.2, -0.15) is 0 Å². The van der Waals surface area contributed by atoms with Crippen molar-refractivity contribution < 1.29 is 0 Å². The summed E-state index contributed by atoms with van der Waals surface area (Å²) < 4.78 is 0. The minimum absolute atomic E-state index is 0.782. The van der Waals surface area contributed by atoms with Gasteiger partial charge in [0.2, 0.25) is 5.62 Å². The number of hydrogen-bond acceptors (Lipinski definition) is 1. The first kappa shape index (κ1) is 10.8. The Hall–Kier alpha value is -2.29. The zero-order valence-electron chi connectivity index (χ0n) is 10.5. The molecule has 2 aromatic carbocycles. The Morgan fingerprint density at radius 1 is 0.889 bits per heavy atom. The van der Waals surface area contributed by atoms with Gasteiger partial charge in [-0.15, -0.1) is 0 Å². The maximum atomic E-state index is 4.60. The third-order valence-electron chi connectivity index (χ3n) is 3.03. The van der Waals surface area contributed by atoms with E-state index >= 15 is 0 Å². The fourth-order valence-corrected chi connectivity index (χ4v) is 2.02. The molecule has 0 aliphatic heterocycles. The third kappa shape index (κ3) is 1.95. The smallest absolute Gasteiger partial charge is 0.205 e. The second-order valence-electron chi connectivity index (χ2n) is 4.55. The summed E-state index contributed by atoms with van der Waals surface area (Å²) in [6.07, 6.45) is 0. The van der Waals surface area contributed by atoms with Gasteiger partial charge in [0.15, 0.2) is 0 Å². The fourth-order valence-electron chi connectivity index (χ4n) is 2.02. The van der Waals surface area contributed by atoms with Crippen molar-refractivity contribution in [1.29, 1.82) is 0 Å². The van der Waals surface area contributed by atoms with E-state index in [2.05, 4.69) is 53.1 Å². The average molecular weight is 237 g/mol. The molecule has 0 unspecified atom stereocenters. The van der Waals surface area contributed by atoms with Gasteiger partial charge in [-0.3, -0.25) is 0 Å². The zero-order valence-corrected chi connectivity index (χ0v) is 10.5. The second-order valence-corrected chi connectivity index (χ2v) is 4.55. The van der Waals surface area contributed by atoms with Gasteiger partial charge in [0.25, 0.3) is 0 Å². The summed E-state index contributed by atoms with van der Waals surface area (Å²) in [7, 11) is 0. The highest BCUT2D eigenvalue weighted by Gasteiger charge is 1.98. The number of imidazole rings is 1. The molecule has 0 aliphatic carbocycles. The number of benzene rings is 2. The maximum Gasteiger partial charge on any atom is 0.205 e. The van der Waals surface area contributed by atoms with Crippen LogP contribution < -0.4 is 5.62 Å². The highest BCUT2D eigenvalue weighted by molar-refractivity contribution is 5.74. The second kappa shape index (κ2) is 4.18. The number of nitrogens with one attached hydrogen (secondary N) is 2. The minimum atomic E-state index is 0.782. The van der Waals surface area contributed by atoms with E-state index in [0.29, 0.717) is 0 Å². The summed E-state index contributed by atoms with van der Waals surface area (Å²) in [4.78, 5) is 11.2. The van der Waals surface area contributed by atoms with Crippen molar-refractivity contribution in [2.24, 2.45) is 4.99 Å². The van der Waals surface area contributed by atoms with Crippen molar-refractivity contribution in [2.45, 2.75) is 13.8 Å². The molecule has 2 N–H and O–H groups in total. The molecule has 1 heterocycles. The number of aromatic amines is 2. The maximum absolute atomic E-state index is 4.60. The molecule has 90 valence electrons. The molecule has 0 fully saturated rings. The highest BCUT2D eigenvalue weighted by Crippen LogP contribution is 2.16. The van der Waals surface area contributed by atoms with Crippen LogP contribution in [0.1, 0.15) is 11.1 Å². The average Bonchev–Trinajstić information content (AvgIpc) is 2.73. The van der Waals surface area contributed by atoms with E-state index in [9.17, 15) is 0 Å². The van der Waals surface area contributed by atoms with Gasteiger partial charge in [0, 0.05) is 0 Å². The molecule has 0 saturated carbocycles. The largest absolute Gasteiger partial charge is 0.324 e. The molecule has 0 radical (unpaired) electrons. The first-order valence-electron chi connectivity index (χ1n) is 6.01. The number of H-pyrrole nitrogens is 2. The standard InChI is InChI=1S/C15H15N3/c1-10-7-8-13-14(9-10)18-15(17-13)16-12-6-4-3-5-11(12)2/h3-9H,1-2H3,(H2,16,17,18). The Bertz CT molecular complexity index is 763. The van der Waals surface area contributed by atoms with Crippen molar-refractivity contribution in [3.63, 3.8) is 0 Å². The Kier molecular flexibility index (Phi) is 2.52. The van der Waals surface area contributed by atoms with Crippen LogP contribution in [0.15, 0.2) is 47.5 Å². The molecule has 18 heavy (non-hydrogen) atoms. The van der Waals surface area contributed by atoms with E-state index in [1.807, 2.05) is 18.2 Å². The van der Waals surface area contributed by atoms with Gasteiger partial charge in [-0.05, 0) is 43.2 Å². The van der Waals surface area contributed by atoms with Gasteiger partial charge in [-0.1, -0.05) is 24.3 Å². The van der Waals surface area contributed by atoms with Crippen LogP contribution >= 0.6 is 0 Å². The predicted octanol–water partition coefficient (Wildman–Crippen LogP) is 3.35. The molecule has 1 aromatic heterocycles. The van der Waals surface area contributed by atoms with Gasteiger partial charge < -0.3 is 9.97 Å². The molecule has 3 rings (SSSR count). The first-order valence-corrected chi connectivity index (χ1v) is 6.01. The van der Waals surface area contributed by atoms with Crippen molar-refractivity contribution in [3.8, 4) is 0 Å². The number of para-hydroxylation sites is 1. The van der Waals surface area contributed by atoms with Crippen LogP contribution in [0.4, 0.5) is 5.69 Å². The van der Waals surface area contributed by atoms with E-state index in [-0.39, 0.29) is 0 Å². The monoisotopic (exact) mass is 237 g/mol. The summed E-state index contributed by atoms with van der Waals surface area (Å²) in [5.74, 6) is 0. The molecule has 3 nitrogen and oxygen atoms in total. The SMILES string of the molecule is Cc1ccc2[nH]/c(=N/c3ccccc3C)[nH]c2c1.